The first-order chi connectivity index (χ1) is 16.0. The predicted octanol–water partition coefficient (Wildman–Crippen LogP) is 6.71. The molecule has 0 aromatic heterocycles. The Hall–Kier alpha value is -2.72. The Kier molecular flexibility index (Phi) is 4.43. The molecule has 0 bridgehead atoms. The highest BCUT2D eigenvalue weighted by molar-refractivity contribution is 6.06. The van der Waals surface area contributed by atoms with E-state index in [1.165, 1.54) is 28.7 Å². The third-order valence-corrected chi connectivity index (χ3v) is 8.15. The fourth-order valence-corrected chi connectivity index (χ4v) is 7.64. The van der Waals surface area contributed by atoms with Crippen molar-refractivity contribution in [3.05, 3.63) is 53.6 Å². The molecule has 4 nitrogen and oxygen atoms in total. The van der Waals surface area contributed by atoms with Crippen molar-refractivity contribution in [2.45, 2.75) is 58.6 Å². The molecule has 1 N–H and O–H groups in total. The summed E-state index contributed by atoms with van der Waals surface area (Å²) in [5.74, 6) is 1.76. The van der Waals surface area contributed by atoms with Gasteiger partial charge in [-0.25, -0.2) is 0 Å². The number of phenols is 1. The maximum Gasteiger partial charge on any atom is 0.186 e. The molecule has 1 saturated carbocycles. The Labute approximate surface area is 202 Å². The molecule has 1 spiro atoms. The molecule has 0 radical (unpaired) electrons. The summed E-state index contributed by atoms with van der Waals surface area (Å²) in [5, 5.41) is 13.2. The number of hydrogen-bond donors (Lipinski definition) is 1. The molecule has 6 rings (SSSR count). The van der Waals surface area contributed by atoms with Crippen molar-refractivity contribution in [2.24, 2.45) is 10.8 Å². The van der Waals surface area contributed by atoms with Crippen LogP contribution < -0.4 is 9.47 Å². The standard InChI is InChI=1S/C30H35NO3/c1-28(2)15-29(3,4)17-30(16-28)21-10-8-7-9-18(21)27-20-12-24-25(34-26(14-33-24)31(5)6)11-19(20)23(32)13-22(27)30/h7-13,26,32H,14-17H2,1-6H3. The van der Waals surface area contributed by atoms with Crippen molar-refractivity contribution in [1.29, 1.82) is 0 Å². The lowest BCUT2D eigenvalue weighted by atomic mass is 9.52. The fraction of sp³-hybridized carbons (Fsp3) is 0.467. The van der Waals surface area contributed by atoms with Gasteiger partial charge in [0.05, 0.1) is 0 Å². The van der Waals surface area contributed by atoms with Gasteiger partial charge >= 0.3 is 0 Å². The molecule has 1 atom stereocenters. The molecule has 0 amide bonds. The zero-order valence-corrected chi connectivity index (χ0v) is 21.2. The molecule has 3 aliphatic rings. The summed E-state index contributed by atoms with van der Waals surface area (Å²) in [4.78, 5) is 2.00. The number of hydrogen-bond acceptors (Lipinski definition) is 4. The molecule has 4 heteroatoms. The second-order valence-electron chi connectivity index (χ2n) is 12.5. The van der Waals surface area contributed by atoms with Gasteiger partial charge in [-0.1, -0.05) is 52.0 Å². The van der Waals surface area contributed by atoms with Crippen molar-refractivity contribution in [3.8, 4) is 28.4 Å². The first kappa shape index (κ1) is 21.8. The summed E-state index contributed by atoms with van der Waals surface area (Å²) in [6.45, 7) is 10.1. The summed E-state index contributed by atoms with van der Waals surface area (Å²) < 4.78 is 12.3. The smallest absolute Gasteiger partial charge is 0.186 e. The Morgan fingerprint density at radius 3 is 2.24 bits per heavy atom. The van der Waals surface area contributed by atoms with Gasteiger partial charge in [0, 0.05) is 10.8 Å². The summed E-state index contributed by atoms with van der Waals surface area (Å²) >= 11 is 0. The molecule has 3 aromatic carbocycles. The predicted molar refractivity (Wildman–Crippen MR) is 137 cm³/mol. The largest absolute Gasteiger partial charge is 0.507 e. The van der Waals surface area contributed by atoms with Crippen LogP contribution in [0.15, 0.2) is 42.5 Å². The highest BCUT2D eigenvalue weighted by atomic mass is 16.6. The number of benzene rings is 3. The highest BCUT2D eigenvalue weighted by Crippen LogP contribution is 2.65. The quantitative estimate of drug-likeness (QED) is 0.441. The van der Waals surface area contributed by atoms with Crippen LogP contribution in [-0.2, 0) is 5.41 Å². The fourth-order valence-electron chi connectivity index (χ4n) is 7.64. The van der Waals surface area contributed by atoms with Crippen molar-refractivity contribution in [3.63, 3.8) is 0 Å². The summed E-state index contributed by atoms with van der Waals surface area (Å²) in [7, 11) is 3.96. The Morgan fingerprint density at radius 2 is 1.53 bits per heavy atom. The zero-order chi connectivity index (χ0) is 24.0. The maximum atomic E-state index is 11.4. The van der Waals surface area contributed by atoms with E-state index in [0.29, 0.717) is 18.1 Å². The SMILES string of the molecule is CN(C)C1COc2cc3c4c(cc(O)c3cc2O1)C1(CC(C)(C)CC(C)(C)C1)c1ccccc1-4. The number of fused-ring (bicyclic) bond motifs is 8. The molecular weight excluding hydrogens is 422 g/mol. The number of phenolic OH excluding ortho intramolecular Hbond substituents is 1. The van der Waals surface area contributed by atoms with Crippen LogP contribution in [0.25, 0.3) is 21.9 Å². The maximum absolute atomic E-state index is 11.4. The van der Waals surface area contributed by atoms with E-state index in [-0.39, 0.29) is 22.5 Å². The summed E-state index contributed by atoms with van der Waals surface area (Å²) in [6, 6.07) is 15.0. The minimum absolute atomic E-state index is 0.105. The van der Waals surface area contributed by atoms with Crippen LogP contribution in [0.5, 0.6) is 17.2 Å². The molecule has 1 heterocycles. The van der Waals surface area contributed by atoms with Crippen LogP contribution in [0.1, 0.15) is 58.1 Å². The molecule has 3 aromatic rings. The lowest BCUT2D eigenvalue weighted by Gasteiger charge is -2.51. The van der Waals surface area contributed by atoms with Gasteiger partial charge in [0.15, 0.2) is 17.7 Å². The monoisotopic (exact) mass is 457 g/mol. The van der Waals surface area contributed by atoms with Gasteiger partial charge in [0.2, 0.25) is 0 Å². The lowest BCUT2D eigenvalue weighted by molar-refractivity contribution is -0.00172. The minimum atomic E-state index is -0.141. The minimum Gasteiger partial charge on any atom is -0.507 e. The average molecular weight is 458 g/mol. The van der Waals surface area contributed by atoms with Crippen LogP contribution in [0.2, 0.25) is 0 Å². The van der Waals surface area contributed by atoms with Crippen LogP contribution in [-0.4, -0.2) is 36.9 Å². The Balaban J connectivity index is 1.63. The van der Waals surface area contributed by atoms with Crippen LogP contribution >= 0.6 is 0 Å². The molecule has 1 unspecified atom stereocenters. The molecule has 34 heavy (non-hydrogen) atoms. The zero-order valence-electron chi connectivity index (χ0n) is 21.2. The van der Waals surface area contributed by atoms with Gasteiger partial charge < -0.3 is 14.6 Å². The summed E-state index contributed by atoms with van der Waals surface area (Å²) in [6.07, 6.45) is 3.21. The second-order valence-corrected chi connectivity index (χ2v) is 12.5. The van der Waals surface area contributed by atoms with E-state index in [9.17, 15) is 5.11 Å². The Bertz CT molecular complexity index is 1300. The van der Waals surface area contributed by atoms with E-state index in [1.807, 2.05) is 25.1 Å². The Morgan fingerprint density at radius 1 is 0.853 bits per heavy atom. The molecule has 0 saturated heterocycles. The normalized spacial score (nSPS) is 23.2. The third-order valence-electron chi connectivity index (χ3n) is 8.15. The van der Waals surface area contributed by atoms with E-state index in [0.717, 1.165) is 29.4 Å². The van der Waals surface area contributed by atoms with E-state index < -0.39 is 0 Å². The topological polar surface area (TPSA) is 41.9 Å². The van der Waals surface area contributed by atoms with E-state index in [4.69, 9.17) is 9.47 Å². The summed E-state index contributed by atoms with van der Waals surface area (Å²) in [5.41, 5.74) is 5.51. The number of aromatic hydroxyl groups is 1. The molecular formula is C30H35NO3. The van der Waals surface area contributed by atoms with Crippen molar-refractivity contribution in [2.75, 3.05) is 20.7 Å². The van der Waals surface area contributed by atoms with Crippen LogP contribution in [0.3, 0.4) is 0 Å². The van der Waals surface area contributed by atoms with Crippen molar-refractivity contribution >= 4 is 10.8 Å². The molecule has 2 aliphatic carbocycles. The number of rotatable bonds is 1. The van der Waals surface area contributed by atoms with E-state index in [1.54, 1.807) is 0 Å². The van der Waals surface area contributed by atoms with Gasteiger partial charge in [0.1, 0.15) is 12.4 Å². The molecule has 1 aliphatic heterocycles. The van der Waals surface area contributed by atoms with Gasteiger partial charge in [0.25, 0.3) is 0 Å². The molecule has 1 fully saturated rings. The van der Waals surface area contributed by atoms with Gasteiger partial charge in [-0.15, -0.1) is 0 Å². The lowest BCUT2D eigenvalue weighted by Crippen LogP contribution is -2.43. The van der Waals surface area contributed by atoms with E-state index >= 15 is 0 Å². The molecule has 178 valence electrons. The second kappa shape index (κ2) is 6.91. The highest BCUT2D eigenvalue weighted by Gasteiger charge is 2.53. The number of likely N-dealkylation sites (N-methyl/N-ethyl adjacent to an activating group) is 1. The first-order valence-electron chi connectivity index (χ1n) is 12.4. The average Bonchev–Trinajstić information content (AvgIpc) is 2.99. The van der Waals surface area contributed by atoms with Crippen molar-refractivity contribution < 1.29 is 14.6 Å². The van der Waals surface area contributed by atoms with Gasteiger partial charge in [-0.3, -0.25) is 4.90 Å². The van der Waals surface area contributed by atoms with Crippen LogP contribution in [0, 0.1) is 10.8 Å². The third kappa shape index (κ3) is 3.07. The first-order valence-corrected chi connectivity index (χ1v) is 12.4. The van der Waals surface area contributed by atoms with Crippen LogP contribution in [0.4, 0.5) is 0 Å². The van der Waals surface area contributed by atoms with Gasteiger partial charge in [-0.2, -0.15) is 0 Å². The van der Waals surface area contributed by atoms with Gasteiger partial charge in [-0.05, 0) is 90.0 Å². The number of ether oxygens (including phenoxy) is 2. The number of nitrogens with zero attached hydrogens (tertiary/aromatic N) is 1. The van der Waals surface area contributed by atoms with Crippen molar-refractivity contribution in [1.82, 2.24) is 4.90 Å². The van der Waals surface area contributed by atoms with E-state index in [2.05, 4.69) is 64.1 Å².